The molecule has 0 aliphatic carbocycles. The van der Waals surface area contributed by atoms with E-state index < -0.39 is 23.0 Å². The number of ether oxygens (including phenoxy) is 1. The van der Waals surface area contributed by atoms with Gasteiger partial charge in [0.25, 0.3) is 11.5 Å². The van der Waals surface area contributed by atoms with Crippen LogP contribution in [0.2, 0.25) is 5.02 Å². The van der Waals surface area contributed by atoms with Gasteiger partial charge in [-0.2, -0.15) is 0 Å². The van der Waals surface area contributed by atoms with Gasteiger partial charge >= 0.3 is 5.69 Å². The van der Waals surface area contributed by atoms with Crippen molar-refractivity contribution in [3.05, 3.63) is 85.9 Å². The van der Waals surface area contributed by atoms with Gasteiger partial charge in [0.05, 0.1) is 17.8 Å². The first-order chi connectivity index (χ1) is 12.9. The van der Waals surface area contributed by atoms with Crippen molar-refractivity contribution in [3.8, 4) is 11.4 Å². The molecule has 2 N–H and O–H groups in total. The molecular formula is C18H13ClFN3O4. The smallest absolute Gasteiger partial charge is 0.333 e. The first kappa shape index (κ1) is 18.4. The van der Waals surface area contributed by atoms with Crippen molar-refractivity contribution in [2.24, 2.45) is 0 Å². The summed E-state index contributed by atoms with van der Waals surface area (Å²) in [4.78, 5) is 39.5. The SMILES string of the molecule is COc1ccc(-n2c(=O)[nH]cc(C(=O)Nc3ccc(F)c(Cl)c3)c2=O)cc1. The molecule has 0 aliphatic rings. The van der Waals surface area contributed by atoms with Crippen molar-refractivity contribution in [2.45, 2.75) is 0 Å². The number of aromatic amines is 1. The highest BCUT2D eigenvalue weighted by molar-refractivity contribution is 6.31. The van der Waals surface area contributed by atoms with E-state index in [9.17, 15) is 18.8 Å². The maximum Gasteiger partial charge on any atom is 0.333 e. The molecule has 0 aliphatic heterocycles. The molecule has 27 heavy (non-hydrogen) atoms. The van der Waals surface area contributed by atoms with Gasteiger partial charge in [-0.25, -0.2) is 13.8 Å². The summed E-state index contributed by atoms with van der Waals surface area (Å²) in [6.45, 7) is 0. The quantitative estimate of drug-likeness (QED) is 0.717. The molecule has 0 fully saturated rings. The van der Waals surface area contributed by atoms with Crippen molar-refractivity contribution in [3.63, 3.8) is 0 Å². The lowest BCUT2D eigenvalue weighted by Gasteiger charge is -2.09. The number of nitrogens with one attached hydrogen (secondary N) is 2. The number of carbonyl (C=O) groups excluding carboxylic acids is 1. The molecule has 0 saturated heterocycles. The molecular weight excluding hydrogens is 377 g/mol. The number of anilines is 1. The average molecular weight is 390 g/mol. The van der Waals surface area contributed by atoms with Gasteiger partial charge in [-0.1, -0.05) is 11.6 Å². The van der Waals surface area contributed by atoms with E-state index in [0.29, 0.717) is 5.75 Å². The van der Waals surface area contributed by atoms with Crippen LogP contribution in [-0.4, -0.2) is 22.6 Å². The summed E-state index contributed by atoms with van der Waals surface area (Å²) in [5.41, 5.74) is -1.35. The zero-order chi connectivity index (χ0) is 19.6. The normalized spacial score (nSPS) is 10.5. The minimum atomic E-state index is -0.811. The molecule has 3 rings (SSSR count). The lowest BCUT2D eigenvalue weighted by molar-refractivity contribution is 0.102. The highest BCUT2D eigenvalue weighted by Gasteiger charge is 2.16. The van der Waals surface area contributed by atoms with E-state index in [1.54, 1.807) is 12.1 Å². The summed E-state index contributed by atoms with van der Waals surface area (Å²) < 4.78 is 19.1. The molecule has 0 atom stereocenters. The number of rotatable bonds is 4. The molecule has 3 aromatic rings. The number of nitrogens with zero attached hydrogens (tertiary/aromatic N) is 1. The van der Waals surface area contributed by atoms with Crippen LogP contribution in [0.5, 0.6) is 5.75 Å². The molecule has 1 amide bonds. The van der Waals surface area contributed by atoms with E-state index in [-0.39, 0.29) is 22.0 Å². The van der Waals surface area contributed by atoms with Gasteiger partial charge in [0.1, 0.15) is 17.1 Å². The molecule has 0 bridgehead atoms. The minimum Gasteiger partial charge on any atom is -0.497 e. The number of hydrogen-bond acceptors (Lipinski definition) is 4. The van der Waals surface area contributed by atoms with Gasteiger partial charge in [0, 0.05) is 11.9 Å². The molecule has 7 nitrogen and oxygen atoms in total. The largest absolute Gasteiger partial charge is 0.497 e. The Balaban J connectivity index is 1.98. The highest BCUT2D eigenvalue weighted by Crippen LogP contribution is 2.19. The molecule has 138 valence electrons. The molecule has 0 unspecified atom stereocenters. The number of H-pyrrole nitrogens is 1. The number of hydrogen-bond donors (Lipinski definition) is 2. The summed E-state index contributed by atoms with van der Waals surface area (Å²) in [5, 5.41) is 2.26. The lowest BCUT2D eigenvalue weighted by Crippen LogP contribution is -2.38. The molecule has 1 heterocycles. The fourth-order valence-corrected chi connectivity index (χ4v) is 2.55. The standard InChI is InChI=1S/C18H13ClFN3O4/c1-27-12-5-3-11(4-6-12)23-17(25)13(9-21-18(23)26)16(24)22-10-2-7-15(20)14(19)8-10/h2-9H,1H3,(H,21,26)(H,22,24). The highest BCUT2D eigenvalue weighted by atomic mass is 35.5. The van der Waals surface area contributed by atoms with Crippen molar-refractivity contribution < 1.29 is 13.9 Å². The average Bonchev–Trinajstić information content (AvgIpc) is 2.65. The Morgan fingerprint density at radius 3 is 2.52 bits per heavy atom. The third kappa shape index (κ3) is 3.75. The van der Waals surface area contributed by atoms with E-state index >= 15 is 0 Å². The summed E-state index contributed by atoms with van der Waals surface area (Å²) in [6, 6.07) is 9.77. The van der Waals surface area contributed by atoms with E-state index in [1.807, 2.05) is 0 Å². The van der Waals surface area contributed by atoms with Crippen LogP contribution in [0.25, 0.3) is 5.69 Å². The van der Waals surface area contributed by atoms with Crippen LogP contribution >= 0.6 is 11.6 Å². The minimum absolute atomic E-state index is 0.176. The van der Waals surface area contributed by atoms with Gasteiger partial charge in [0.2, 0.25) is 0 Å². The fourth-order valence-electron chi connectivity index (χ4n) is 2.37. The Morgan fingerprint density at radius 1 is 1.19 bits per heavy atom. The predicted octanol–water partition coefficient (Wildman–Crippen LogP) is 2.58. The first-order valence-corrected chi connectivity index (χ1v) is 8.04. The summed E-state index contributed by atoms with van der Waals surface area (Å²) in [6.07, 6.45) is 1.02. The Kier molecular flexibility index (Phi) is 5.09. The number of halogens is 2. The van der Waals surface area contributed by atoms with E-state index in [0.717, 1.165) is 16.8 Å². The van der Waals surface area contributed by atoms with Crippen molar-refractivity contribution in [2.75, 3.05) is 12.4 Å². The monoisotopic (exact) mass is 389 g/mol. The zero-order valence-electron chi connectivity index (χ0n) is 14.0. The molecule has 0 radical (unpaired) electrons. The van der Waals surface area contributed by atoms with Crippen LogP contribution in [0.3, 0.4) is 0 Å². The van der Waals surface area contributed by atoms with Crippen LogP contribution in [0.4, 0.5) is 10.1 Å². The fraction of sp³-hybridized carbons (Fsp3) is 0.0556. The molecule has 2 aromatic carbocycles. The van der Waals surface area contributed by atoms with Gasteiger partial charge in [0.15, 0.2) is 0 Å². The molecule has 9 heteroatoms. The maximum atomic E-state index is 13.2. The number of methoxy groups -OCH3 is 1. The first-order valence-electron chi connectivity index (χ1n) is 7.66. The Bertz CT molecular complexity index is 1120. The van der Waals surface area contributed by atoms with Crippen molar-refractivity contribution >= 4 is 23.2 Å². The Hall–Kier alpha value is -3.39. The second-order valence-electron chi connectivity index (χ2n) is 5.43. The van der Waals surface area contributed by atoms with Crippen LogP contribution in [0.15, 0.2) is 58.3 Å². The number of amides is 1. The van der Waals surface area contributed by atoms with Gasteiger partial charge < -0.3 is 15.0 Å². The molecule has 0 spiro atoms. The van der Waals surface area contributed by atoms with Crippen LogP contribution < -0.4 is 21.3 Å². The second kappa shape index (κ2) is 7.46. The summed E-state index contributed by atoms with van der Waals surface area (Å²) in [5.74, 6) is -0.868. The van der Waals surface area contributed by atoms with E-state index in [4.69, 9.17) is 16.3 Å². The van der Waals surface area contributed by atoms with Gasteiger partial charge in [-0.15, -0.1) is 0 Å². The topological polar surface area (TPSA) is 93.2 Å². The summed E-state index contributed by atoms with van der Waals surface area (Å²) in [7, 11) is 1.49. The number of aromatic nitrogens is 2. The van der Waals surface area contributed by atoms with Crippen LogP contribution in [0, 0.1) is 5.82 Å². The zero-order valence-corrected chi connectivity index (χ0v) is 14.7. The van der Waals surface area contributed by atoms with Gasteiger partial charge in [-0.3, -0.25) is 9.59 Å². The van der Waals surface area contributed by atoms with Crippen molar-refractivity contribution in [1.82, 2.24) is 9.55 Å². The summed E-state index contributed by atoms with van der Waals surface area (Å²) >= 11 is 5.68. The van der Waals surface area contributed by atoms with E-state index in [1.165, 1.54) is 31.4 Å². The maximum absolute atomic E-state index is 13.2. The van der Waals surface area contributed by atoms with Crippen molar-refractivity contribution in [1.29, 1.82) is 0 Å². The Labute approximate surface area is 157 Å². The lowest BCUT2D eigenvalue weighted by atomic mass is 10.2. The molecule has 0 saturated carbocycles. The number of carbonyl (C=O) groups is 1. The number of benzene rings is 2. The van der Waals surface area contributed by atoms with Crippen LogP contribution in [0.1, 0.15) is 10.4 Å². The third-order valence-corrected chi connectivity index (χ3v) is 4.02. The molecule has 1 aromatic heterocycles. The van der Waals surface area contributed by atoms with E-state index in [2.05, 4.69) is 10.3 Å². The predicted molar refractivity (Wildman–Crippen MR) is 98.6 cm³/mol. The second-order valence-corrected chi connectivity index (χ2v) is 5.84. The van der Waals surface area contributed by atoms with Crippen LogP contribution in [-0.2, 0) is 0 Å². The third-order valence-electron chi connectivity index (χ3n) is 3.73. The van der Waals surface area contributed by atoms with Gasteiger partial charge in [-0.05, 0) is 42.5 Å². The Morgan fingerprint density at radius 2 is 1.89 bits per heavy atom.